The van der Waals surface area contributed by atoms with Crippen LogP contribution < -0.4 is 0 Å². The molecule has 2 atom stereocenters. The first-order chi connectivity index (χ1) is 8.66. The minimum absolute atomic E-state index is 0.0525. The molecule has 0 unspecified atom stereocenters. The number of rotatable bonds is 4. The highest BCUT2D eigenvalue weighted by molar-refractivity contribution is 5.15. The van der Waals surface area contributed by atoms with Crippen LogP contribution in [-0.2, 0) is 15.9 Å². The second-order valence-corrected chi connectivity index (χ2v) is 4.63. The predicted molar refractivity (Wildman–Crippen MR) is 68.8 cm³/mol. The van der Waals surface area contributed by atoms with Gasteiger partial charge in [0.2, 0.25) is 6.29 Å². The number of aryl methyl sites for hydroxylation is 1. The molecule has 2 rings (SSSR count). The van der Waals surface area contributed by atoms with Crippen LogP contribution in [0.1, 0.15) is 25.8 Å². The normalized spacial score (nSPS) is 25.6. The lowest BCUT2D eigenvalue weighted by molar-refractivity contribution is -0.0478. The summed E-state index contributed by atoms with van der Waals surface area (Å²) in [6, 6.07) is 10.0. The van der Waals surface area contributed by atoms with E-state index in [2.05, 4.69) is 0 Å². The second kappa shape index (κ2) is 6.12. The predicted octanol–water partition coefficient (Wildman–Crippen LogP) is 3.62. The number of allylic oxidation sites excluding steroid dienone is 1. The standard InChI is InChI=1S/C15H19FO2/c1-11-12(2)18-15(17-11)14(16)10-6-9-13-7-4-3-5-8-13/h3-5,7-8,10-12,15H,6,9H2,1-2H3/b14-10+/t11-,12-/m1/s1. The molecule has 0 radical (unpaired) electrons. The molecule has 1 aliphatic rings. The van der Waals surface area contributed by atoms with Gasteiger partial charge in [0.1, 0.15) is 0 Å². The van der Waals surface area contributed by atoms with Crippen molar-refractivity contribution in [2.24, 2.45) is 0 Å². The van der Waals surface area contributed by atoms with E-state index in [9.17, 15) is 4.39 Å². The highest BCUT2D eigenvalue weighted by Crippen LogP contribution is 2.24. The summed E-state index contributed by atoms with van der Waals surface area (Å²) in [6.45, 7) is 3.78. The van der Waals surface area contributed by atoms with Crippen molar-refractivity contribution in [2.45, 2.75) is 45.2 Å². The fraction of sp³-hybridized carbons (Fsp3) is 0.467. The Kier molecular flexibility index (Phi) is 4.50. The van der Waals surface area contributed by atoms with Gasteiger partial charge in [-0.3, -0.25) is 0 Å². The maximum absolute atomic E-state index is 13.8. The van der Waals surface area contributed by atoms with Gasteiger partial charge in [-0.05, 0) is 38.3 Å². The maximum Gasteiger partial charge on any atom is 0.211 e. The topological polar surface area (TPSA) is 18.5 Å². The van der Waals surface area contributed by atoms with Gasteiger partial charge in [-0.2, -0.15) is 0 Å². The molecule has 3 heteroatoms. The van der Waals surface area contributed by atoms with Crippen LogP contribution in [0.5, 0.6) is 0 Å². The van der Waals surface area contributed by atoms with Gasteiger partial charge in [-0.15, -0.1) is 0 Å². The third-order valence-electron chi connectivity index (χ3n) is 3.18. The van der Waals surface area contributed by atoms with Crippen molar-refractivity contribution >= 4 is 0 Å². The van der Waals surface area contributed by atoms with Crippen molar-refractivity contribution in [2.75, 3.05) is 0 Å². The van der Waals surface area contributed by atoms with Crippen LogP contribution in [0.15, 0.2) is 42.2 Å². The number of benzene rings is 1. The van der Waals surface area contributed by atoms with Gasteiger partial charge >= 0.3 is 0 Å². The molecule has 0 N–H and O–H groups in total. The third kappa shape index (κ3) is 3.40. The summed E-state index contributed by atoms with van der Waals surface area (Å²) in [6.07, 6.45) is 2.12. The number of ether oxygens (including phenoxy) is 2. The Morgan fingerprint density at radius 2 is 1.78 bits per heavy atom. The van der Waals surface area contributed by atoms with Gasteiger partial charge in [-0.1, -0.05) is 30.3 Å². The molecule has 18 heavy (non-hydrogen) atoms. The van der Waals surface area contributed by atoms with E-state index in [0.717, 1.165) is 6.42 Å². The lowest BCUT2D eigenvalue weighted by Crippen LogP contribution is -2.13. The summed E-state index contributed by atoms with van der Waals surface area (Å²) in [4.78, 5) is 0. The van der Waals surface area contributed by atoms with E-state index in [1.807, 2.05) is 44.2 Å². The van der Waals surface area contributed by atoms with Crippen LogP contribution in [0.2, 0.25) is 0 Å². The monoisotopic (exact) mass is 250 g/mol. The Hall–Kier alpha value is -1.19. The van der Waals surface area contributed by atoms with Crippen LogP contribution in [0.4, 0.5) is 4.39 Å². The van der Waals surface area contributed by atoms with Gasteiger partial charge in [0.15, 0.2) is 5.83 Å². The number of hydrogen-bond acceptors (Lipinski definition) is 2. The zero-order chi connectivity index (χ0) is 13.0. The maximum atomic E-state index is 13.8. The molecule has 98 valence electrons. The summed E-state index contributed by atoms with van der Waals surface area (Å²) in [5.41, 5.74) is 1.21. The second-order valence-electron chi connectivity index (χ2n) is 4.63. The summed E-state index contributed by atoms with van der Waals surface area (Å²) in [5.74, 6) is -0.317. The highest BCUT2D eigenvalue weighted by Gasteiger charge is 2.32. The van der Waals surface area contributed by atoms with E-state index in [1.165, 1.54) is 5.56 Å². The zero-order valence-electron chi connectivity index (χ0n) is 10.8. The summed E-state index contributed by atoms with van der Waals surface area (Å²) < 4.78 is 24.5. The fourth-order valence-electron chi connectivity index (χ4n) is 1.89. The first kappa shape index (κ1) is 13.2. The number of hydrogen-bond donors (Lipinski definition) is 0. The smallest absolute Gasteiger partial charge is 0.211 e. The van der Waals surface area contributed by atoms with E-state index in [-0.39, 0.29) is 18.0 Å². The summed E-state index contributed by atoms with van der Waals surface area (Å²) in [7, 11) is 0. The molecule has 2 nitrogen and oxygen atoms in total. The largest absolute Gasteiger partial charge is 0.341 e. The average molecular weight is 250 g/mol. The number of halogens is 1. The fourth-order valence-corrected chi connectivity index (χ4v) is 1.89. The van der Waals surface area contributed by atoms with E-state index in [4.69, 9.17) is 9.47 Å². The highest BCUT2D eigenvalue weighted by atomic mass is 19.1. The van der Waals surface area contributed by atoms with Crippen molar-refractivity contribution in [3.8, 4) is 0 Å². The lowest BCUT2D eigenvalue weighted by Gasteiger charge is -2.07. The Bertz CT molecular complexity index is 392. The molecule has 0 bridgehead atoms. The molecule has 0 aliphatic carbocycles. The van der Waals surface area contributed by atoms with Crippen LogP contribution >= 0.6 is 0 Å². The van der Waals surface area contributed by atoms with E-state index in [0.29, 0.717) is 6.42 Å². The Labute approximate surface area is 107 Å². The molecule has 1 aromatic rings. The van der Waals surface area contributed by atoms with Crippen molar-refractivity contribution in [1.82, 2.24) is 0 Å². The quantitative estimate of drug-likeness (QED) is 0.812. The molecule has 0 saturated carbocycles. The van der Waals surface area contributed by atoms with Crippen molar-refractivity contribution in [3.63, 3.8) is 0 Å². The third-order valence-corrected chi connectivity index (χ3v) is 3.18. The Morgan fingerprint density at radius 1 is 1.17 bits per heavy atom. The Balaban J connectivity index is 1.83. The zero-order valence-corrected chi connectivity index (χ0v) is 10.8. The van der Waals surface area contributed by atoms with Crippen LogP contribution in [-0.4, -0.2) is 18.5 Å². The van der Waals surface area contributed by atoms with Crippen molar-refractivity contribution in [3.05, 3.63) is 47.8 Å². The van der Waals surface area contributed by atoms with Gasteiger partial charge in [0, 0.05) is 0 Å². The minimum Gasteiger partial charge on any atom is -0.341 e. The molecule has 0 aromatic heterocycles. The summed E-state index contributed by atoms with van der Waals surface area (Å²) >= 11 is 0. The minimum atomic E-state index is -0.814. The molecule has 1 heterocycles. The van der Waals surface area contributed by atoms with E-state index >= 15 is 0 Å². The van der Waals surface area contributed by atoms with Crippen LogP contribution in [0.25, 0.3) is 0 Å². The molecule has 0 spiro atoms. The van der Waals surface area contributed by atoms with Crippen LogP contribution in [0.3, 0.4) is 0 Å². The molecule has 1 aromatic carbocycles. The SMILES string of the molecule is C[C@H]1OC(/C(F)=C\CCc2ccccc2)O[C@@H]1C. The van der Waals surface area contributed by atoms with Gasteiger partial charge in [0.25, 0.3) is 0 Å². The van der Waals surface area contributed by atoms with E-state index < -0.39 is 6.29 Å². The summed E-state index contributed by atoms with van der Waals surface area (Å²) in [5, 5.41) is 0. The first-order valence-electron chi connectivity index (χ1n) is 6.37. The van der Waals surface area contributed by atoms with Crippen molar-refractivity contribution < 1.29 is 13.9 Å². The Morgan fingerprint density at radius 3 is 2.39 bits per heavy atom. The molecule has 0 amide bonds. The van der Waals surface area contributed by atoms with E-state index in [1.54, 1.807) is 6.08 Å². The molecule has 1 fully saturated rings. The average Bonchev–Trinajstić information content (AvgIpc) is 2.71. The van der Waals surface area contributed by atoms with Crippen LogP contribution in [0, 0.1) is 0 Å². The first-order valence-corrected chi connectivity index (χ1v) is 6.37. The molecular weight excluding hydrogens is 231 g/mol. The molecular formula is C15H19FO2. The van der Waals surface area contributed by atoms with Gasteiger partial charge in [-0.25, -0.2) is 4.39 Å². The van der Waals surface area contributed by atoms with Gasteiger partial charge < -0.3 is 9.47 Å². The van der Waals surface area contributed by atoms with Gasteiger partial charge in [0.05, 0.1) is 12.2 Å². The van der Waals surface area contributed by atoms with Crippen molar-refractivity contribution in [1.29, 1.82) is 0 Å². The molecule has 1 saturated heterocycles. The lowest BCUT2D eigenvalue weighted by atomic mass is 10.1. The molecule has 1 aliphatic heterocycles.